The smallest absolute Gasteiger partial charge is 0.395 e. The van der Waals surface area contributed by atoms with Crippen LogP contribution >= 0.6 is 0 Å². The van der Waals surface area contributed by atoms with E-state index in [-0.39, 0.29) is 0 Å². The van der Waals surface area contributed by atoms with Crippen molar-refractivity contribution in [2.24, 2.45) is 0 Å². The maximum absolute atomic E-state index is 10.8. The van der Waals surface area contributed by atoms with Gasteiger partial charge in [-0.05, 0) is 17.9 Å². The molecule has 0 amide bonds. The molecule has 2 aliphatic rings. The number of hydrogen-bond acceptors (Lipinski definition) is 11. The minimum Gasteiger partial charge on any atom is -0.395 e. The Labute approximate surface area is 164 Å². The van der Waals surface area contributed by atoms with E-state index in [0.717, 1.165) is 5.70 Å². The number of hydrogen-bond donors (Lipinski definition) is 3. The molecule has 27 heavy (non-hydrogen) atoms. The second-order valence-electron chi connectivity index (χ2n) is 6.48. The molecule has 6 atom stereocenters. The maximum atomic E-state index is 10.8. The molecule has 2 saturated heterocycles. The van der Waals surface area contributed by atoms with E-state index < -0.39 is 58.8 Å². The summed E-state index contributed by atoms with van der Waals surface area (Å²) in [6.45, 7) is 13.1. The molecule has 11 nitrogen and oxygen atoms in total. The predicted octanol–water partition coefficient (Wildman–Crippen LogP) is -0.601. The van der Waals surface area contributed by atoms with Crippen LogP contribution in [0.25, 0.3) is 0 Å². The van der Waals surface area contributed by atoms with Gasteiger partial charge in [0, 0.05) is 26.8 Å². The zero-order valence-corrected chi connectivity index (χ0v) is 21.9. The fourth-order valence-electron chi connectivity index (χ4n) is 2.64. The van der Waals surface area contributed by atoms with Crippen molar-refractivity contribution in [2.75, 3.05) is 13.3 Å². The summed E-state index contributed by atoms with van der Waals surface area (Å²) >= 11 is 0. The van der Waals surface area contributed by atoms with E-state index in [9.17, 15) is 14.7 Å². The fraction of sp³-hybridized carbons (Fsp3) is 0.600. The summed E-state index contributed by atoms with van der Waals surface area (Å²) in [6, 6.07) is 0. The Morgan fingerprint density at radius 2 is 1.48 bits per heavy atom. The first kappa shape index (κ1) is 23.6. The molecule has 2 bridgehead atoms. The van der Waals surface area contributed by atoms with Crippen LogP contribution in [-0.4, -0.2) is 80.6 Å². The van der Waals surface area contributed by atoms with Gasteiger partial charge in [0.15, 0.2) is 0 Å². The largest absolute Gasteiger partial charge is 0.510 e. The molecule has 2 heterocycles. The number of aliphatic hydroxyl groups is 1. The monoisotopic (exact) mass is 490 g/mol. The van der Waals surface area contributed by atoms with Crippen molar-refractivity contribution in [3.8, 4) is 0 Å². The molecule has 2 fully saturated rings. The summed E-state index contributed by atoms with van der Waals surface area (Å²) in [7, 11) is -21.2. The van der Waals surface area contributed by atoms with E-state index in [1.807, 2.05) is 0 Å². The second kappa shape index (κ2) is 7.55. The van der Waals surface area contributed by atoms with Gasteiger partial charge in [0.05, 0.1) is 6.23 Å². The van der Waals surface area contributed by atoms with E-state index in [2.05, 4.69) is 13.2 Å². The summed E-state index contributed by atoms with van der Waals surface area (Å²) < 4.78 is 46.5. The van der Waals surface area contributed by atoms with Crippen LogP contribution in [0.4, 0.5) is 0 Å². The number of fused-ring (bicyclic) bond motifs is 2. The quantitative estimate of drug-likeness (QED) is 0.436. The van der Waals surface area contributed by atoms with Crippen molar-refractivity contribution in [3.05, 3.63) is 24.6 Å². The van der Waals surface area contributed by atoms with Crippen molar-refractivity contribution < 1.29 is 47.9 Å². The summed E-state index contributed by atoms with van der Waals surface area (Å²) in [5, 5.41) is 9.84. The Morgan fingerprint density at radius 3 is 1.96 bits per heavy atom. The highest BCUT2D eigenvalue weighted by Crippen LogP contribution is 2.37. The molecule has 3 N–H and O–H groups in total. The zero-order chi connectivity index (χ0) is 20.8. The molecule has 0 saturated carbocycles. The van der Waals surface area contributed by atoms with E-state index in [1.165, 1.54) is 39.0 Å². The minimum absolute atomic E-state index is 0.539. The van der Waals surface area contributed by atoms with Crippen molar-refractivity contribution in [1.82, 2.24) is 0 Å². The summed E-state index contributed by atoms with van der Waals surface area (Å²) in [4.78, 5) is 21.5. The van der Waals surface area contributed by atoms with Crippen molar-refractivity contribution in [1.29, 1.82) is 0 Å². The lowest BCUT2D eigenvalue weighted by Gasteiger charge is -2.50. The molecular weight excluding hydrogens is 465 g/mol. The topological polar surface area (TPSA) is 135 Å². The van der Waals surface area contributed by atoms with E-state index >= 15 is 0 Å². The Balaban J connectivity index is 2.62. The van der Waals surface area contributed by atoms with Crippen molar-refractivity contribution in [2.45, 2.75) is 26.2 Å². The molecule has 6 unspecified atom stereocenters. The van der Waals surface area contributed by atoms with Gasteiger partial charge in [0.25, 0.3) is 0 Å². The highest BCUT2D eigenvalue weighted by molar-refractivity contribution is 6.96. The van der Waals surface area contributed by atoms with Gasteiger partial charge in [0.2, 0.25) is 0 Å². The fourth-order valence-corrected chi connectivity index (χ4v) is 27.5. The first-order valence-electron chi connectivity index (χ1n) is 7.98. The molecule has 0 radical (unpaired) electrons. The Kier molecular flexibility index (Phi) is 6.60. The normalized spacial score (nSPS) is 51.4. The Bertz CT molecular complexity index is 612. The van der Waals surface area contributed by atoms with Gasteiger partial charge in [-0.3, -0.25) is 0 Å². The molecular formula is C10H26O11Si6. The molecule has 0 aromatic carbocycles. The molecule has 0 spiro atoms. The van der Waals surface area contributed by atoms with Crippen LogP contribution < -0.4 is 0 Å². The Morgan fingerprint density at radius 1 is 0.852 bits per heavy atom. The third-order valence-corrected chi connectivity index (χ3v) is 25.6. The summed E-state index contributed by atoms with van der Waals surface area (Å²) in [6.07, 6.45) is -0.539. The minimum atomic E-state index is -4.05. The molecule has 0 aromatic heterocycles. The molecule has 2 rings (SSSR count). The van der Waals surface area contributed by atoms with Gasteiger partial charge in [-0.25, -0.2) is 0 Å². The summed E-state index contributed by atoms with van der Waals surface area (Å²) in [5.41, 5.74) is 2.40. The van der Waals surface area contributed by atoms with Gasteiger partial charge in [-0.2, -0.15) is 0 Å². The average Bonchev–Trinajstić information content (AvgIpc) is 2.50. The molecule has 0 aromatic rings. The van der Waals surface area contributed by atoms with Gasteiger partial charge < -0.3 is 47.9 Å². The van der Waals surface area contributed by atoms with Crippen LogP contribution in [0.5, 0.6) is 0 Å². The van der Waals surface area contributed by atoms with Gasteiger partial charge in [-0.1, -0.05) is 6.58 Å². The molecule has 17 heteroatoms. The van der Waals surface area contributed by atoms with Crippen LogP contribution in [-0.2, 0) is 33.2 Å². The molecule has 2 aliphatic heterocycles. The first-order valence-corrected chi connectivity index (χ1v) is 20.9. The molecule has 156 valence electrons. The zero-order valence-electron chi connectivity index (χ0n) is 15.9. The lowest BCUT2D eigenvalue weighted by atomic mass is 11.3. The Hall–Kier alpha value is 0.341. The first-order chi connectivity index (χ1) is 12.2. The highest BCUT2D eigenvalue weighted by atomic mass is 28.6. The van der Waals surface area contributed by atoms with Crippen LogP contribution in [0.2, 0.25) is 26.2 Å². The van der Waals surface area contributed by atoms with E-state index in [4.69, 9.17) is 33.2 Å². The van der Waals surface area contributed by atoms with Gasteiger partial charge >= 0.3 is 52.6 Å². The van der Waals surface area contributed by atoms with Crippen LogP contribution in [0.15, 0.2) is 24.6 Å². The standard InChI is InChI=1S/C10H26O11Si6/c1-8-26(13)15-22(4,10-11)16-27(9-2)18-23(5,12)17-24(6,14-3)19-25(7,20-26)21-27/h8-9,11-13H,1-2,10H2,3-7H3. The SMILES string of the molecule is C=C[Si]1(O)O[Si](C)(CO)O[Si]2(C=C)O[Si](C)(O)O[Si](C)(OC)O[Si](C)(O1)O2. The van der Waals surface area contributed by atoms with Crippen molar-refractivity contribution >= 4 is 52.6 Å². The third-order valence-electron chi connectivity index (χ3n) is 3.62. The van der Waals surface area contributed by atoms with Crippen LogP contribution in [0.3, 0.4) is 0 Å². The van der Waals surface area contributed by atoms with Crippen molar-refractivity contribution in [3.63, 3.8) is 0 Å². The lowest BCUT2D eigenvalue weighted by molar-refractivity contribution is 0.0509. The van der Waals surface area contributed by atoms with Gasteiger partial charge in [-0.15, -0.1) is 6.58 Å². The third kappa shape index (κ3) is 5.29. The maximum Gasteiger partial charge on any atom is 0.510 e. The van der Waals surface area contributed by atoms with E-state index in [0.29, 0.717) is 0 Å². The highest BCUT2D eigenvalue weighted by Gasteiger charge is 2.68. The van der Waals surface area contributed by atoms with Crippen LogP contribution in [0, 0.1) is 0 Å². The van der Waals surface area contributed by atoms with Gasteiger partial charge in [0.1, 0.15) is 0 Å². The van der Waals surface area contributed by atoms with E-state index in [1.54, 1.807) is 0 Å². The number of rotatable bonds is 4. The second-order valence-corrected chi connectivity index (χ2v) is 23.7. The average molecular weight is 491 g/mol. The molecule has 0 aliphatic carbocycles. The summed E-state index contributed by atoms with van der Waals surface area (Å²) in [5.74, 6) is 0. The number of aliphatic hydroxyl groups excluding tert-OH is 1. The lowest BCUT2D eigenvalue weighted by Crippen LogP contribution is -2.76. The predicted molar refractivity (Wildman–Crippen MR) is 105 cm³/mol. The van der Waals surface area contributed by atoms with Crippen LogP contribution in [0.1, 0.15) is 0 Å².